The van der Waals surface area contributed by atoms with E-state index in [-0.39, 0.29) is 5.41 Å². The highest BCUT2D eigenvalue weighted by molar-refractivity contribution is 6.26. The molecule has 103 heavy (non-hydrogen) atoms. The highest BCUT2D eigenvalue weighted by Crippen LogP contribution is 2.54. The molecule has 21 rings (SSSR count). The molecule has 0 fully saturated rings. The summed E-state index contributed by atoms with van der Waals surface area (Å²) in [4.78, 5) is 13.5. The Bertz CT molecular complexity index is 6610. The zero-order chi connectivity index (χ0) is 68.0. The van der Waals surface area contributed by atoms with E-state index in [9.17, 15) is 0 Å². The molecule has 0 bridgehead atoms. The third-order valence-electron chi connectivity index (χ3n) is 22.0. The third kappa shape index (κ3) is 9.14. The van der Waals surface area contributed by atoms with Crippen LogP contribution in [0.1, 0.15) is 25.0 Å². The Balaban J connectivity index is 0.763. The van der Waals surface area contributed by atoms with Crippen molar-refractivity contribution >= 4 is 115 Å². The molecule has 20 aromatic rings. The number of rotatable bonds is 10. The van der Waals surface area contributed by atoms with Gasteiger partial charge in [-0.1, -0.05) is 232 Å². The average Bonchev–Trinajstić information content (AvgIpc) is 1.37. The average molecular weight is 1310 g/mol. The van der Waals surface area contributed by atoms with Gasteiger partial charge in [-0.05, 0) is 204 Å². The highest BCUT2D eigenvalue weighted by Gasteiger charge is 2.38. The lowest BCUT2D eigenvalue weighted by atomic mass is 9.81. The predicted octanol–water partition coefficient (Wildman–Crippen LogP) is 25.7. The van der Waals surface area contributed by atoms with Gasteiger partial charge in [0.05, 0.1) is 38.8 Å². The minimum atomic E-state index is -0.348. The first-order valence-corrected chi connectivity index (χ1v) is 35.5. The minimum absolute atomic E-state index is 0.348. The van der Waals surface area contributed by atoms with E-state index >= 15 is 0 Å². The fourth-order valence-electron chi connectivity index (χ4n) is 17.1. The smallest absolute Gasteiger partial charge is 0.162 e. The fraction of sp³-hybridized carbons (Fsp3) is 0.0309. The molecule has 1 aliphatic rings. The lowest BCUT2D eigenvalue weighted by Crippen LogP contribution is -2.15. The summed E-state index contributed by atoms with van der Waals surface area (Å²) >= 11 is 0. The van der Waals surface area contributed by atoms with Crippen LogP contribution in [0.5, 0.6) is 0 Å². The van der Waals surface area contributed by atoms with Crippen LogP contribution in [0.25, 0.3) is 171 Å². The molecule has 16 aromatic carbocycles. The molecule has 0 atom stereocenters. The molecule has 0 saturated carbocycles. The number of para-hydroxylation sites is 4. The Morgan fingerprint density at radius 3 is 1.20 bits per heavy atom. The second-order valence-corrected chi connectivity index (χ2v) is 28.0. The van der Waals surface area contributed by atoms with Crippen LogP contribution in [0.3, 0.4) is 0 Å². The van der Waals surface area contributed by atoms with Crippen molar-refractivity contribution in [2.24, 2.45) is 0 Å². The van der Waals surface area contributed by atoms with Gasteiger partial charge in [-0.3, -0.25) is 4.57 Å². The normalized spacial score (nSPS) is 12.6. The summed E-state index contributed by atoms with van der Waals surface area (Å²) in [5.74, 6) is 1.46. The van der Waals surface area contributed by atoms with E-state index in [0.29, 0.717) is 5.82 Å². The van der Waals surface area contributed by atoms with Gasteiger partial charge in [0.2, 0.25) is 0 Å². The summed E-state index contributed by atoms with van der Waals surface area (Å²) in [7, 11) is 0. The van der Waals surface area contributed by atoms with Crippen molar-refractivity contribution in [3.8, 4) is 73.2 Å². The van der Waals surface area contributed by atoms with Crippen molar-refractivity contribution < 1.29 is 0 Å². The number of nitrogens with zero attached hydrogens (tertiary/aromatic N) is 6. The summed E-state index contributed by atoms with van der Waals surface area (Å²) in [5, 5.41) is 14.9. The maximum Gasteiger partial charge on any atom is 0.162 e. The molecule has 0 amide bonds. The summed E-state index contributed by atoms with van der Waals surface area (Å²) < 4.78 is 7.19. The van der Waals surface area contributed by atoms with Gasteiger partial charge in [-0.25, -0.2) is 9.97 Å². The van der Waals surface area contributed by atoms with E-state index < -0.39 is 0 Å². The summed E-state index contributed by atoms with van der Waals surface area (Å²) in [6.07, 6.45) is 0. The van der Waals surface area contributed by atoms with Gasteiger partial charge in [-0.2, -0.15) is 0 Å². The van der Waals surface area contributed by atoms with Crippen molar-refractivity contribution in [3.63, 3.8) is 0 Å². The summed E-state index contributed by atoms with van der Waals surface area (Å²) in [5.41, 5.74) is 24.3. The van der Waals surface area contributed by atoms with Crippen LogP contribution in [-0.4, -0.2) is 23.7 Å². The molecule has 482 valence electrons. The lowest BCUT2D eigenvalue weighted by Gasteiger charge is -2.26. The quantitative estimate of drug-likeness (QED) is 0.128. The molecule has 6 nitrogen and oxygen atoms in total. The van der Waals surface area contributed by atoms with Gasteiger partial charge in [0.1, 0.15) is 5.82 Å². The lowest BCUT2D eigenvalue weighted by molar-refractivity contribution is 0.662. The first-order valence-electron chi connectivity index (χ1n) is 35.5. The number of hydrogen-bond donors (Lipinski definition) is 0. The van der Waals surface area contributed by atoms with Crippen molar-refractivity contribution in [1.29, 1.82) is 0 Å². The van der Waals surface area contributed by atoms with E-state index in [4.69, 9.17) is 9.97 Å². The molecule has 0 aliphatic heterocycles. The van der Waals surface area contributed by atoms with Gasteiger partial charge < -0.3 is 14.0 Å². The number of benzene rings is 16. The minimum Gasteiger partial charge on any atom is -0.310 e. The Morgan fingerprint density at radius 2 is 0.650 bits per heavy atom. The number of fused-ring (bicyclic) bond motifs is 18. The predicted molar refractivity (Wildman–Crippen MR) is 432 cm³/mol. The molecular formula is C97H64N6. The van der Waals surface area contributed by atoms with Crippen LogP contribution in [-0.2, 0) is 5.41 Å². The molecule has 0 spiro atoms. The molecule has 4 aromatic heterocycles. The molecule has 0 saturated heterocycles. The Hall–Kier alpha value is -13.4. The first kappa shape index (κ1) is 58.5. The zero-order valence-electron chi connectivity index (χ0n) is 56.7. The van der Waals surface area contributed by atoms with E-state index in [1.807, 2.05) is 0 Å². The van der Waals surface area contributed by atoms with Crippen molar-refractivity contribution in [2.75, 3.05) is 4.90 Å². The molecule has 6 heteroatoms. The molecule has 0 N–H and O–H groups in total. The summed E-state index contributed by atoms with van der Waals surface area (Å²) in [6.45, 7) is 4.83. The van der Waals surface area contributed by atoms with Crippen LogP contribution >= 0.6 is 0 Å². The van der Waals surface area contributed by atoms with E-state index in [2.05, 4.69) is 384 Å². The molecular weight excluding hydrogens is 1250 g/mol. The van der Waals surface area contributed by atoms with Gasteiger partial charge in [-0.15, -0.1) is 0 Å². The number of anilines is 3. The van der Waals surface area contributed by atoms with E-state index in [0.717, 1.165) is 95.1 Å². The summed E-state index contributed by atoms with van der Waals surface area (Å²) in [6, 6.07) is 129. The standard InChI is InChI=1S/C97H64N6/c1-97(2)86-58-81-75-34-12-10-32-73(75)72-31-9-11-33-74(72)80(81)56-82(86)83-57-85-84-55-65(43-52-93(84)103(94(85)59-87(83)97)95-60-88(98-96(99-95)62-25-7-4-8-26-62)66-29-21-27-63(53-66)61-23-5-3-6-24-61)64-28-22-30-71(54-64)100(67-44-48-69(49-45-67)101-89-39-17-13-35-76(89)77-36-14-18-40-90(77)101)68-46-50-70(51-47-68)102-91-41-19-15-37-78(91)79-38-16-20-42-92(79)102/h3-60H,1-2H3. The molecule has 0 unspecified atom stereocenters. The second-order valence-electron chi connectivity index (χ2n) is 28.0. The zero-order valence-corrected chi connectivity index (χ0v) is 56.7. The van der Waals surface area contributed by atoms with Gasteiger partial charge in [0.25, 0.3) is 0 Å². The van der Waals surface area contributed by atoms with Gasteiger partial charge in [0, 0.05) is 83.4 Å². The Morgan fingerprint density at radius 1 is 0.243 bits per heavy atom. The fourth-order valence-corrected chi connectivity index (χ4v) is 17.1. The van der Waals surface area contributed by atoms with E-state index in [1.165, 1.54) is 98.2 Å². The van der Waals surface area contributed by atoms with Crippen LogP contribution in [0.2, 0.25) is 0 Å². The SMILES string of the molecule is CC1(C)c2cc3c4ccccc4c4ccccc4c3cc2-c2cc3c4cc(-c5cccc(N(c6ccc(-n7c8ccccc8c8ccccc87)cc6)c6ccc(-n7c8ccccc8c8ccccc87)cc6)c5)ccc4n(-c4cc(-c5cccc(-c6ccccc6)c5)nc(-c5ccccc5)n4)c3cc21. The molecule has 4 heterocycles. The molecule has 0 radical (unpaired) electrons. The van der Waals surface area contributed by atoms with Crippen LogP contribution in [0.15, 0.2) is 352 Å². The topological polar surface area (TPSA) is 43.8 Å². The van der Waals surface area contributed by atoms with Gasteiger partial charge >= 0.3 is 0 Å². The van der Waals surface area contributed by atoms with Crippen molar-refractivity contribution in [3.05, 3.63) is 363 Å². The highest BCUT2D eigenvalue weighted by atomic mass is 15.1. The molecule has 1 aliphatic carbocycles. The largest absolute Gasteiger partial charge is 0.310 e. The van der Waals surface area contributed by atoms with Crippen molar-refractivity contribution in [2.45, 2.75) is 19.3 Å². The maximum atomic E-state index is 5.62. The first-order chi connectivity index (χ1) is 50.8. The maximum absolute atomic E-state index is 5.62. The third-order valence-corrected chi connectivity index (χ3v) is 22.0. The van der Waals surface area contributed by atoms with Crippen LogP contribution in [0, 0.1) is 0 Å². The Kier molecular flexibility index (Phi) is 13.0. The van der Waals surface area contributed by atoms with Crippen LogP contribution in [0.4, 0.5) is 17.1 Å². The number of hydrogen-bond acceptors (Lipinski definition) is 3. The number of aromatic nitrogens is 5. The monoisotopic (exact) mass is 1310 g/mol. The van der Waals surface area contributed by atoms with Crippen molar-refractivity contribution in [1.82, 2.24) is 23.7 Å². The Labute approximate surface area is 595 Å². The van der Waals surface area contributed by atoms with Crippen LogP contribution < -0.4 is 4.90 Å². The second kappa shape index (κ2) is 22.8. The van der Waals surface area contributed by atoms with Gasteiger partial charge in [0.15, 0.2) is 5.82 Å². The van der Waals surface area contributed by atoms with E-state index in [1.54, 1.807) is 0 Å².